The van der Waals surface area contributed by atoms with E-state index in [0.29, 0.717) is 24.8 Å². The lowest BCUT2D eigenvalue weighted by Gasteiger charge is -2.11. The Morgan fingerprint density at radius 1 is 1.26 bits per heavy atom. The van der Waals surface area contributed by atoms with Gasteiger partial charge in [0.2, 0.25) is 5.88 Å². The van der Waals surface area contributed by atoms with Crippen molar-refractivity contribution in [3.05, 3.63) is 41.4 Å². The lowest BCUT2D eigenvalue weighted by atomic mass is 10.1. The maximum Gasteiger partial charge on any atom is 0.422 e. The zero-order valence-corrected chi connectivity index (χ0v) is 15.3. The van der Waals surface area contributed by atoms with Gasteiger partial charge in [-0.05, 0) is 11.5 Å². The summed E-state index contributed by atoms with van der Waals surface area (Å²) in [5, 5.41) is 10.2. The van der Waals surface area contributed by atoms with E-state index in [0.717, 1.165) is 11.3 Å². The van der Waals surface area contributed by atoms with Crippen LogP contribution in [0.25, 0.3) is 0 Å². The van der Waals surface area contributed by atoms with Crippen LogP contribution in [0.2, 0.25) is 0 Å². The fourth-order valence-electron chi connectivity index (χ4n) is 2.02. The van der Waals surface area contributed by atoms with E-state index in [1.165, 1.54) is 12.3 Å². The summed E-state index contributed by atoms with van der Waals surface area (Å²) in [6, 6.07) is 4.90. The average molecular weight is 385 g/mol. The van der Waals surface area contributed by atoms with Crippen LogP contribution in [-0.4, -0.2) is 35.9 Å². The topological polar surface area (TPSA) is 84.6 Å². The van der Waals surface area contributed by atoms with E-state index in [9.17, 15) is 13.2 Å². The van der Waals surface area contributed by atoms with Gasteiger partial charge in [-0.25, -0.2) is 4.98 Å². The van der Waals surface area contributed by atoms with Crippen molar-refractivity contribution >= 4 is 5.96 Å². The van der Waals surface area contributed by atoms with Crippen LogP contribution in [0.4, 0.5) is 13.2 Å². The van der Waals surface area contributed by atoms with Gasteiger partial charge >= 0.3 is 6.18 Å². The minimum atomic E-state index is -4.39. The summed E-state index contributed by atoms with van der Waals surface area (Å²) in [5.74, 6) is 1.43. The van der Waals surface area contributed by atoms with Gasteiger partial charge in [0, 0.05) is 31.9 Å². The minimum absolute atomic E-state index is 0.0788. The third kappa shape index (κ3) is 7.16. The first-order valence-corrected chi connectivity index (χ1v) is 8.31. The highest BCUT2D eigenvalue weighted by Crippen LogP contribution is 2.17. The predicted octanol–water partition coefficient (Wildman–Crippen LogP) is 3.00. The third-order valence-electron chi connectivity index (χ3n) is 3.46. The van der Waals surface area contributed by atoms with Gasteiger partial charge in [-0.3, -0.25) is 4.99 Å². The van der Waals surface area contributed by atoms with E-state index in [4.69, 9.17) is 4.52 Å². The van der Waals surface area contributed by atoms with E-state index in [1.54, 1.807) is 13.1 Å². The van der Waals surface area contributed by atoms with Crippen molar-refractivity contribution in [1.29, 1.82) is 0 Å². The lowest BCUT2D eigenvalue weighted by Crippen LogP contribution is -2.36. The van der Waals surface area contributed by atoms with E-state index in [-0.39, 0.29) is 11.8 Å². The fraction of sp³-hybridized carbons (Fsp3) is 0.471. The van der Waals surface area contributed by atoms with E-state index in [1.807, 2.05) is 19.9 Å². The Labute approximate surface area is 155 Å². The van der Waals surface area contributed by atoms with Crippen LogP contribution in [0.5, 0.6) is 5.88 Å². The zero-order valence-electron chi connectivity index (χ0n) is 15.3. The van der Waals surface area contributed by atoms with Gasteiger partial charge in [-0.15, -0.1) is 0 Å². The number of alkyl halides is 3. The number of guanidine groups is 1. The molecule has 0 fully saturated rings. The third-order valence-corrected chi connectivity index (χ3v) is 3.46. The molecule has 10 heteroatoms. The Morgan fingerprint density at radius 3 is 2.56 bits per heavy atom. The molecule has 2 N–H and O–H groups in total. The largest absolute Gasteiger partial charge is 0.468 e. The Kier molecular flexibility index (Phi) is 7.03. The summed E-state index contributed by atoms with van der Waals surface area (Å²) in [7, 11) is 1.63. The number of rotatable bonds is 7. The molecule has 0 spiro atoms. The molecule has 0 unspecified atom stereocenters. The Morgan fingerprint density at radius 2 is 2.00 bits per heavy atom. The van der Waals surface area contributed by atoms with Gasteiger partial charge in [0.05, 0.1) is 12.2 Å². The number of aliphatic imine (C=N–C) groups is 1. The molecular formula is C17H22F3N5O2. The zero-order chi connectivity index (χ0) is 19.9. The molecule has 2 aromatic rings. The van der Waals surface area contributed by atoms with Crippen molar-refractivity contribution in [1.82, 2.24) is 20.8 Å². The smallest absolute Gasteiger partial charge is 0.422 e. The highest BCUT2D eigenvalue weighted by molar-refractivity contribution is 5.79. The molecule has 0 amide bonds. The number of hydrogen-bond donors (Lipinski definition) is 2. The number of nitrogens with one attached hydrogen (secondary N) is 2. The SMILES string of the molecule is CN=C(NCc1ccc(OCC(F)(F)F)nc1)NCc1cc(C(C)C)no1. The number of ether oxygens (including phenoxy) is 1. The van der Waals surface area contributed by atoms with Crippen molar-refractivity contribution in [3.63, 3.8) is 0 Å². The molecule has 0 aliphatic rings. The summed E-state index contributed by atoms with van der Waals surface area (Å²) in [6.07, 6.45) is -2.95. The first-order chi connectivity index (χ1) is 12.8. The monoisotopic (exact) mass is 385 g/mol. The first-order valence-electron chi connectivity index (χ1n) is 8.31. The summed E-state index contributed by atoms with van der Waals surface area (Å²) in [6.45, 7) is 3.50. The highest BCUT2D eigenvalue weighted by atomic mass is 19.4. The molecule has 0 atom stereocenters. The Balaban J connectivity index is 1.79. The summed E-state index contributed by atoms with van der Waals surface area (Å²) < 4.78 is 46.1. The molecule has 0 saturated heterocycles. The molecule has 2 rings (SSSR count). The number of pyridine rings is 1. The number of hydrogen-bond acceptors (Lipinski definition) is 5. The van der Waals surface area contributed by atoms with Crippen molar-refractivity contribution < 1.29 is 22.4 Å². The van der Waals surface area contributed by atoms with Crippen LogP contribution < -0.4 is 15.4 Å². The van der Waals surface area contributed by atoms with Crippen molar-refractivity contribution in [2.24, 2.45) is 4.99 Å². The van der Waals surface area contributed by atoms with Crippen LogP contribution in [0.3, 0.4) is 0 Å². The second-order valence-electron chi connectivity index (χ2n) is 6.06. The van der Waals surface area contributed by atoms with Gasteiger partial charge in [-0.1, -0.05) is 25.1 Å². The Bertz CT molecular complexity index is 742. The number of halogens is 3. The molecule has 0 saturated carbocycles. The molecule has 0 aliphatic carbocycles. The lowest BCUT2D eigenvalue weighted by molar-refractivity contribution is -0.154. The van der Waals surface area contributed by atoms with Crippen LogP contribution in [0.1, 0.15) is 36.8 Å². The van der Waals surface area contributed by atoms with E-state index in [2.05, 4.69) is 30.5 Å². The van der Waals surface area contributed by atoms with E-state index < -0.39 is 12.8 Å². The molecule has 0 aliphatic heterocycles. The maximum atomic E-state index is 12.1. The van der Waals surface area contributed by atoms with Crippen molar-refractivity contribution in [3.8, 4) is 5.88 Å². The molecule has 2 heterocycles. The summed E-state index contributed by atoms with van der Waals surface area (Å²) in [4.78, 5) is 7.95. The van der Waals surface area contributed by atoms with Crippen LogP contribution in [-0.2, 0) is 13.1 Å². The molecule has 27 heavy (non-hydrogen) atoms. The van der Waals surface area contributed by atoms with Gasteiger partial charge in [0.1, 0.15) is 0 Å². The van der Waals surface area contributed by atoms with Crippen LogP contribution in [0, 0.1) is 0 Å². The van der Waals surface area contributed by atoms with Gasteiger partial charge < -0.3 is 19.9 Å². The maximum absolute atomic E-state index is 12.1. The molecule has 0 aromatic carbocycles. The van der Waals surface area contributed by atoms with Crippen LogP contribution >= 0.6 is 0 Å². The fourth-order valence-corrected chi connectivity index (χ4v) is 2.02. The average Bonchev–Trinajstić information content (AvgIpc) is 3.10. The molecule has 2 aromatic heterocycles. The van der Waals surface area contributed by atoms with Gasteiger partial charge in [0.15, 0.2) is 18.3 Å². The normalized spacial score (nSPS) is 12.3. The summed E-state index contributed by atoms with van der Waals surface area (Å²) in [5.41, 5.74) is 1.65. The predicted molar refractivity (Wildman–Crippen MR) is 93.4 cm³/mol. The number of nitrogens with zero attached hydrogens (tertiary/aromatic N) is 3. The van der Waals surface area contributed by atoms with Crippen molar-refractivity contribution in [2.45, 2.75) is 39.0 Å². The molecular weight excluding hydrogens is 363 g/mol. The van der Waals surface area contributed by atoms with Gasteiger partial charge in [0.25, 0.3) is 0 Å². The standard InChI is InChI=1S/C17H22F3N5O2/c1-11(2)14-6-13(27-25-14)9-24-16(21-3)23-8-12-4-5-15(22-7-12)26-10-17(18,19)20/h4-7,11H,8-10H2,1-3H3,(H2,21,23,24). The second-order valence-corrected chi connectivity index (χ2v) is 6.06. The second kappa shape index (κ2) is 9.24. The van der Waals surface area contributed by atoms with E-state index >= 15 is 0 Å². The van der Waals surface area contributed by atoms with Gasteiger partial charge in [-0.2, -0.15) is 13.2 Å². The van der Waals surface area contributed by atoms with Crippen molar-refractivity contribution in [2.75, 3.05) is 13.7 Å². The highest BCUT2D eigenvalue weighted by Gasteiger charge is 2.28. The molecule has 7 nitrogen and oxygen atoms in total. The molecule has 0 radical (unpaired) electrons. The molecule has 148 valence electrons. The summed E-state index contributed by atoms with van der Waals surface area (Å²) >= 11 is 0. The Hall–Kier alpha value is -2.78. The molecule has 0 bridgehead atoms. The quantitative estimate of drug-likeness (QED) is 0.563. The first kappa shape index (κ1) is 20.5. The van der Waals surface area contributed by atoms with Crippen LogP contribution in [0.15, 0.2) is 33.9 Å². The minimum Gasteiger partial charge on any atom is -0.468 e. The number of aromatic nitrogens is 2.